The van der Waals surface area contributed by atoms with Crippen LogP contribution in [0.25, 0.3) is 0 Å². The van der Waals surface area contributed by atoms with E-state index in [4.69, 9.17) is 5.11 Å². The lowest BCUT2D eigenvalue weighted by molar-refractivity contribution is -0.148. The van der Waals surface area contributed by atoms with Crippen molar-refractivity contribution in [3.05, 3.63) is 0 Å². The number of carboxylic acid groups (broad SMARTS) is 1. The Balaban J connectivity index is 2.39. The molecule has 1 heterocycles. The van der Waals surface area contributed by atoms with Gasteiger partial charge in [-0.3, -0.25) is 9.59 Å². The summed E-state index contributed by atoms with van der Waals surface area (Å²) in [6.07, 6.45) is 0. The first-order valence-electron chi connectivity index (χ1n) is 4.50. The topological polar surface area (TPSA) is 57.6 Å². The third kappa shape index (κ3) is 2.05. The predicted molar refractivity (Wildman–Crippen MR) is 50.3 cm³/mol. The van der Waals surface area contributed by atoms with Crippen molar-refractivity contribution < 1.29 is 14.7 Å². The zero-order valence-corrected chi connectivity index (χ0v) is 8.28. The van der Waals surface area contributed by atoms with Gasteiger partial charge in [0.15, 0.2) is 0 Å². The molecule has 0 saturated carbocycles. The quantitative estimate of drug-likeness (QED) is 0.640. The monoisotopic (exact) mass is 195 g/mol. The molecule has 0 aromatic carbocycles. The van der Waals surface area contributed by atoms with E-state index in [2.05, 4.69) is 11.8 Å². The van der Waals surface area contributed by atoms with E-state index in [-0.39, 0.29) is 17.7 Å². The Hall–Kier alpha value is -1.50. The highest BCUT2D eigenvalue weighted by Gasteiger charge is 2.36. The zero-order valence-electron chi connectivity index (χ0n) is 8.28. The fraction of sp³-hybridized carbons (Fsp3) is 0.600. The molecule has 0 bridgehead atoms. The summed E-state index contributed by atoms with van der Waals surface area (Å²) in [5.74, 6) is 3.64. The summed E-state index contributed by atoms with van der Waals surface area (Å²) in [6.45, 7) is 4.30. The van der Waals surface area contributed by atoms with E-state index in [1.54, 1.807) is 18.7 Å². The molecule has 1 rings (SSSR count). The second-order valence-electron chi connectivity index (χ2n) is 3.47. The van der Waals surface area contributed by atoms with Gasteiger partial charge in [-0.1, -0.05) is 12.8 Å². The largest absolute Gasteiger partial charge is 0.481 e. The third-order valence-electron chi connectivity index (χ3n) is 2.53. The zero-order chi connectivity index (χ0) is 10.7. The van der Waals surface area contributed by atoms with Gasteiger partial charge in [0.2, 0.25) is 0 Å². The van der Waals surface area contributed by atoms with Gasteiger partial charge in [-0.25, -0.2) is 0 Å². The Labute approximate surface area is 82.9 Å². The summed E-state index contributed by atoms with van der Waals surface area (Å²) in [5, 5.41) is 8.71. The van der Waals surface area contributed by atoms with Crippen molar-refractivity contribution in [1.29, 1.82) is 0 Å². The number of amides is 1. The van der Waals surface area contributed by atoms with Gasteiger partial charge in [-0.15, -0.1) is 0 Å². The Kier molecular flexibility index (Phi) is 3.13. The van der Waals surface area contributed by atoms with Crippen LogP contribution >= 0.6 is 0 Å². The molecular weight excluding hydrogens is 182 g/mol. The van der Waals surface area contributed by atoms with Crippen LogP contribution in [-0.4, -0.2) is 35.0 Å². The van der Waals surface area contributed by atoms with Crippen LogP contribution in [0.5, 0.6) is 0 Å². The Morgan fingerprint density at radius 1 is 1.50 bits per heavy atom. The second-order valence-corrected chi connectivity index (χ2v) is 3.47. The Morgan fingerprint density at radius 3 is 2.50 bits per heavy atom. The number of likely N-dealkylation sites (tertiary alicyclic amines) is 1. The molecule has 1 amide bonds. The molecule has 1 aliphatic rings. The van der Waals surface area contributed by atoms with Crippen LogP contribution in [0, 0.1) is 23.7 Å². The summed E-state index contributed by atoms with van der Waals surface area (Å²) in [4.78, 5) is 23.3. The molecule has 1 atom stereocenters. The first-order chi connectivity index (χ1) is 6.56. The Bertz CT molecular complexity index is 307. The number of aliphatic carboxylic acids is 1. The highest BCUT2D eigenvalue weighted by Crippen LogP contribution is 2.23. The second kappa shape index (κ2) is 4.14. The van der Waals surface area contributed by atoms with Crippen LogP contribution < -0.4 is 0 Å². The summed E-state index contributed by atoms with van der Waals surface area (Å²) in [7, 11) is 0. The number of carboxylic acids is 1. The molecule has 1 fully saturated rings. The van der Waals surface area contributed by atoms with E-state index in [1.165, 1.54) is 0 Å². The first-order valence-corrected chi connectivity index (χ1v) is 4.50. The molecule has 0 spiro atoms. The van der Waals surface area contributed by atoms with E-state index < -0.39 is 5.97 Å². The van der Waals surface area contributed by atoms with Crippen molar-refractivity contribution in [2.45, 2.75) is 13.8 Å². The van der Waals surface area contributed by atoms with Crippen LogP contribution in [0.2, 0.25) is 0 Å². The minimum Gasteiger partial charge on any atom is -0.481 e. The van der Waals surface area contributed by atoms with Crippen molar-refractivity contribution in [2.24, 2.45) is 11.8 Å². The number of carbonyl (C=O) groups is 2. The third-order valence-corrected chi connectivity index (χ3v) is 2.53. The normalized spacial score (nSPS) is 17.7. The van der Waals surface area contributed by atoms with Crippen molar-refractivity contribution in [1.82, 2.24) is 4.90 Å². The van der Waals surface area contributed by atoms with Crippen LogP contribution in [0.4, 0.5) is 0 Å². The molecule has 0 radical (unpaired) electrons. The maximum atomic E-state index is 11.2. The molecule has 0 aliphatic carbocycles. The highest BCUT2D eigenvalue weighted by atomic mass is 16.4. The van der Waals surface area contributed by atoms with Crippen LogP contribution in [-0.2, 0) is 9.59 Å². The molecule has 1 N–H and O–H groups in total. The van der Waals surface area contributed by atoms with Crippen molar-refractivity contribution >= 4 is 11.9 Å². The van der Waals surface area contributed by atoms with Crippen LogP contribution in [0.3, 0.4) is 0 Å². The summed E-state index contributed by atoms with van der Waals surface area (Å²) < 4.78 is 0. The minimum atomic E-state index is -0.802. The summed E-state index contributed by atoms with van der Waals surface area (Å²) in [6, 6.07) is 0. The van der Waals surface area contributed by atoms with Gasteiger partial charge in [0.25, 0.3) is 5.91 Å². The van der Waals surface area contributed by atoms with Gasteiger partial charge in [0, 0.05) is 19.0 Å². The fourth-order valence-electron chi connectivity index (χ4n) is 1.38. The molecule has 76 valence electrons. The SMILES string of the molecule is CC#CC(=O)N1CC(C(C)C(=O)O)C1. The molecule has 1 unspecified atom stereocenters. The number of rotatable bonds is 2. The average Bonchev–Trinajstić information content (AvgIpc) is 2.01. The van der Waals surface area contributed by atoms with Crippen LogP contribution in [0.15, 0.2) is 0 Å². The number of nitrogens with zero attached hydrogens (tertiary/aromatic N) is 1. The fourth-order valence-corrected chi connectivity index (χ4v) is 1.38. The molecule has 4 heteroatoms. The van der Waals surface area contributed by atoms with Crippen molar-refractivity contribution in [3.63, 3.8) is 0 Å². The van der Waals surface area contributed by atoms with E-state index >= 15 is 0 Å². The first kappa shape index (κ1) is 10.6. The molecule has 4 nitrogen and oxygen atoms in total. The van der Waals surface area contributed by atoms with Gasteiger partial charge in [-0.05, 0) is 12.8 Å². The average molecular weight is 195 g/mol. The molecule has 0 aromatic heterocycles. The maximum absolute atomic E-state index is 11.2. The molecular formula is C10H13NO3. The molecule has 1 aliphatic heterocycles. The molecule has 0 aromatic rings. The van der Waals surface area contributed by atoms with E-state index in [0.29, 0.717) is 13.1 Å². The van der Waals surface area contributed by atoms with E-state index in [1.807, 2.05) is 0 Å². The predicted octanol–water partition coefficient (Wildman–Crippen LogP) is 0.189. The van der Waals surface area contributed by atoms with Gasteiger partial charge < -0.3 is 10.0 Å². The van der Waals surface area contributed by atoms with Crippen molar-refractivity contribution in [3.8, 4) is 11.8 Å². The lowest BCUT2D eigenvalue weighted by atomic mass is 9.87. The molecule has 14 heavy (non-hydrogen) atoms. The van der Waals surface area contributed by atoms with Gasteiger partial charge in [0.1, 0.15) is 0 Å². The van der Waals surface area contributed by atoms with Gasteiger partial charge in [-0.2, -0.15) is 0 Å². The van der Waals surface area contributed by atoms with Gasteiger partial charge >= 0.3 is 5.97 Å². The number of carbonyl (C=O) groups excluding carboxylic acids is 1. The lowest BCUT2D eigenvalue weighted by Crippen LogP contribution is -2.53. The van der Waals surface area contributed by atoms with E-state index in [9.17, 15) is 9.59 Å². The maximum Gasteiger partial charge on any atom is 0.306 e. The molecule has 1 saturated heterocycles. The van der Waals surface area contributed by atoms with Crippen molar-refractivity contribution in [2.75, 3.05) is 13.1 Å². The summed E-state index contributed by atoms with van der Waals surface area (Å²) >= 11 is 0. The van der Waals surface area contributed by atoms with E-state index in [0.717, 1.165) is 0 Å². The van der Waals surface area contributed by atoms with Crippen LogP contribution in [0.1, 0.15) is 13.8 Å². The highest BCUT2D eigenvalue weighted by molar-refractivity contribution is 5.94. The smallest absolute Gasteiger partial charge is 0.306 e. The summed E-state index contributed by atoms with van der Waals surface area (Å²) in [5.41, 5.74) is 0. The standard InChI is InChI=1S/C10H13NO3/c1-3-4-9(12)11-5-8(6-11)7(2)10(13)14/h7-8H,5-6H2,1-2H3,(H,13,14). The minimum absolute atomic E-state index is 0.0788. The lowest BCUT2D eigenvalue weighted by Gasteiger charge is -2.39. The van der Waals surface area contributed by atoms with Gasteiger partial charge in [0.05, 0.1) is 5.92 Å². The number of hydrogen-bond acceptors (Lipinski definition) is 2. The number of hydrogen-bond donors (Lipinski definition) is 1. The Morgan fingerprint density at radius 2 is 2.07 bits per heavy atom.